The Morgan fingerprint density at radius 3 is 3.00 bits per heavy atom. The minimum atomic E-state index is -0.0145. The molecule has 1 aromatic heterocycles. The molecule has 1 aromatic rings. The second-order valence-electron chi connectivity index (χ2n) is 3.88. The Balaban J connectivity index is 2.23. The van der Waals surface area contributed by atoms with Crippen molar-refractivity contribution in [1.82, 2.24) is 0 Å². The first-order valence-corrected chi connectivity index (χ1v) is 6.54. The van der Waals surface area contributed by atoms with Gasteiger partial charge in [-0.2, -0.15) is 11.8 Å². The molecule has 1 aliphatic heterocycles. The summed E-state index contributed by atoms with van der Waals surface area (Å²) in [6.45, 7) is 2.23. The molecule has 2 heterocycles. The van der Waals surface area contributed by atoms with E-state index in [4.69, 9.17) is 10.2 Å². The first-order chi connectivity index (χ1) is 6.63. The van der Waals surface area contributed by atoms with E-state index in [-0.39, 0.29) is 10.8 Å². The van der Waals surface area contributed by atoms with Crippen molar-refractivity contribution in [2.45, 2.75) is 30.6 Å². The van der Waals surface area contributed by atoms with Crippen LogP contribution in [0.15, 0.2) is 21.2 Å². The first-order valence-electron chi connectivity index (χ1n) is 4.76. The lowest BCUT2D eigenvalue weighted by molar-refractivity contribution is 0.401. The highest BCUT2D eigenvalue weighted by Crippen LogP contribution is 2.46. The lowest BCUT2D eigenvalue weighted by Gasteiger charge is -2.28. The largest absolute Gasteiger partial charge is 0.466 e. The van der Waals surface area contributed by atoms with Crippen molar-refractivity contribution in [3.8, 4) is 0 Å². The Kier molecular flexibility index (Phi) is 2.96. The van der Waals surface area contributed by atoms with Crippen LogP contribution in [-0.4, -0.2) is 10.5 Å². The fourth-order valence-corrected chi connectivity index (χ4v) is 3.63. The van der Waals surface area contributed by atoms with Gasteiger partial charge in [-0.3, -0.25) is 0 Å². The van der Waals surface area contributed by atoms with Crippen molar-refractivity contribution in [3.63, 3.8) is 0 Å². The van der Waals surface area contributed by atoms with Gasteiger partial charge in [0.15, 0.2) is 0 Å². The number of rotatable bonds is 2. The first kappa shape index (κ1) is 10.6. The maximum atomic E-state index is 6.24. The molecule has 2 unspecified atom stereocenters. The average Bonchev–Trinajstić information content (AvgIpc) is 2.74. The summed E-state index contributed by atoms with van der Waals surface area (Å²) >= 11 is 5.41. The Morgan fingerprint density at radius 2 is 2.50 bits per heavy atom. The van der Waals surface area contributed by atoms with Crippen LogP contribution in [0.1, 0.15) is 31.6 Å². The zero-order valence-electron chi connectivity index (χ0n) is 8.13. The van der Waals surface area contributed by atoms with Gasteiger partial charge in [0.2, 0.25) is 0 Å². The predicted molar refractivity (Wildman–Crippen MR) is 63.4 cm³/mol. The summed E-state index contributed by atoms with van der Waals surface area (Å²) in [6, 6.07) is 1.89. The fourth-order valence-electron chi connectivity index (χ4n) is 1.85. The van der Waals surface area contributed by atoms with E-state index in [0.29, 0.717) is 0 Å². The Bertz CT molecular complexity index is 320. The number of thioether (sulfide) groups is 1. The van der Waals surface area contributed by atoms with Crippen molar-refractivity contribution >= 4 is 27.7 Å². The van der Waals surface area contributed by atoms with E-state index in [1.165, 1.54) is 18.6 Å². The number of furan rings is 1. The SMILES string of the molecule is CC1(C(N)c2occc2Br)CCCS1. The third-order valence-electron chi connectivity index (χ3n) is 2.83. The van der Waals surface area contributed by atoms with E-state index in [2.05, 4.69) is 22.9 Å². The highest BCUT2D eigenvalue weighted by molar-refractivity contribution is 9.10. The molecular weight excluding hydrogens is 262 g/mol. The molecule has 2 N–H and O–H groups in total. The summed E-state index contributed by atoms with van der Waals surface area (Å²) < 4.78 is 6.54. The normalized spacial score (nSPS) is 29.4. The molecule has 78 valence electrons. The molecular formula is C10H14BrNOS. The monoisotopic (exact) mass is 275 g/mol. The predicted octanol–water partition coefficient (Wildman–Crippen LogP) is 3.33. The molecule has 1 saturated heterocycles. The van der Waals surface area contributed by atoms with Gasteiger partial charge in [0.1, 0.15) is 5.76 Å². The second-order valence-corrected chi connectivity index (χ2v) is 6.36. The maximum absolute atomic E-state index is 6.24. The van der Waals surface area contributed by atoms with Crippen LogP contribution in [0.4, 0.5) is 0 Å². The zero-order valence-corrected chi connectivity index (χ0v) is 10.5. The lowest BCUT2D eigenvalue weighted by atomic mass is 9.95. The molecule has 14 heavy (non-hydrogen) atoms. The van der Waals surface area contributed by atoms with Crippen molar-refractivity contribution in [2.75, 3.05) is 5.75 Å². The standard InChI is InChI=1S/C10H14BrNOS/c1-10(4-2-6-14-10)9(12)8-7(11)3-5-13-8/h3,5,9H,2,4,6,12H2,1H3. The molecule has 0 aliphatic carbocycles. The zero-order chi connectivity index (χ0) is 10.2. The summed E-state index contributed by atoms with van der Waals surface area (Å²) in [5.74, 6) is 2.09. The van der Waals surface area contributed by atoms with E-state index in [1.54, 1.807) is 6.26 Å². The number of halogens is 1. The molecule has 1 aliphatic rings. The van der Waals surface area contributed by atoms with Crippen molar-refractivity contribution in [1.29, 1.82) is 0 Å². The van der Waals surface area contributed by atoms with Crippen LogP contribution in [0.2, 0.25) is 0 Å². The van der Waals surface area contributed by atoms with E-state index in [9.17, 15) is 0 Å². The van der Waals surface area contributed by atoms with Crippen LogP contribution in [-0.2, 0) is 0 Å². The number of hydrogen-bond acceptors (Lipinski definition) is 3. The average molecular weight is 276 g/mol. The topological polar surface area (TPSA) is 39.2 Å². The minimum absolute atomic E-state index is 0.0145. The molecule has 0 amide bonds. The summed E-state index contributed by atoms with van der Waals surface area (Å²) in [4.78, 5) is 0. The summed E-state index contributed by atoms with van der Waals surface area (Å²) in [5.41, 5.74) is 6.24. The molecule has 2 rings (SSSR count). The van der Waals surface area contributed by atoms with Gasteiger partial charge in [-0.1, -0.05) is 0 Å². The molecule has 2 nitrogen and oxygen atoms in total. The van der Waals surface area contributed by atoms with Gasteiger partial charge in [-0.25, -0.2) is 0 Å². The van der Waals surface area contributed by atoms with Gasteiger partial charge < -0.3 is 10.2 Å². The van der Waals surface area contributed by atoms with E-state index in [0.717, 1.165) is 10.2 Å². The molecule has 4 heteroatoms. The Hall–Kier alpha value is 0.0700. The van der Waals surface area contributed by atoms with E-state index >= 15 is 0 Å². The molecule has 2 atom stereocenters. The molecule has 1 fully saturated rings. The van der Waals surface area contributed by atoms with Gasteiger partial charge in [-0.15, -0.1) is 0 Å². The van der Waals surface area contributed by atoms with Gasteiger partial charge >= 0.3 is 0 Å². The van der Waals surface area contributed by atoms with Gasteiger partial charge in [0.25, 0.3) is 0 Å². The number of nitrogens with two attached hydrogens (primary N) is 1. The third-order valence-corrected chi connectivity index (χ3v) is 5.10. The summed E-state index contributed by atoms with van der Waals surface area (Å²) in [7, 11) is 0. The minimum Gasteiger partial charge on any atom is -0.466 e. The summed E-state index contributed by atoms with van der Waals surface area (Å²) in [5, 5.41) is 0. The van der Waals surface area contributed by atoms with Gasteiger partial charge in [0, 0.05) is 4.75 Å². The van der Waals surface area contributed by atoms with Crippen molar-refractivity contribution in [3.05, 3.63) is 22.6 Å². The van der Waals surface area contributed by atoms with Crippen LogP contribution >= 0.6 is 27.7 Å². The van der Waals surface area contributed by atoms with Crippen LogP contribution in [0.25, 0.3) is 0 Å². The van der Waals surface area contributed by atoms with Crippen LogP contribution in [0.5, 0.6) is 0 Å². The van der Waals surface area contributed by atoms with Crippen molar-refractivity contribution < 1.29 is 4.42 Å². The molecule has 0 bridgehead atoms. The molecule has 0 spiro atoms. The van der Waals surface area contributed by atoms with Crippen LogP contribution in [0.3, 0.4) is 0 Å². The quantitative estimate of drug-likeness (QED) is 0.900. The fraction of sp³-hybridized carbons (Fsp3) is 0.600. The number of hydrogen-bond donors (Lipinski definition) is 1. The second kappa shape index (κ2) is 3.91. The highest BCUT2D eigenvalue weighted by atomic mass is 79.9. The van der Waals surface area contributed by atoms with Gasteiger partial charge in [-0.05, 0) is 47.5 Å². The van der Waals surface area contributed by atoms with Crippen LogP contribution in [0, 0.1) is 0 Å². The summed E-state index contributed by atoms with van der Waals surface area (Å²) in [6.07, 6.45) is 4.11. The Labute approximate surface area is 96.7 Å². The molecule has 0 radical (unpaired) electrons. The Morgan fingerprint density at radius 1 is 1.71 bits per heavy atom. The van der Waals surface area contributed by atoms with E-state index < -0.39 is 0 Å². The van der Waals surface area contributed by atoms with Crippen LogP contribution < -0.4 is 5.73 Å². The maximum Gasteiger partial charge on any atom is 0.136 e. The highest BCUT2D eigenvalue weighted by Gasteiger charge is 2.38. The third kappa shape index (κ3) is 1.75. The van der Waals surface area contributed by atoms with E-state index in [1.807, 2.05) is 17.8 Å². The molecule has 0 aromatic carbocycles. The molecule has 0 saturated carbocycles. The van der Waals surface area contributed by atoms with Crippen molar-refractivity contribution in [2.24, 2.45) is 5.73 Å². The smallest absolute Gasteiger partial charge is 0.136 e. The lowest BCUT2D eigenvalue weighted by Crippen LogP contribution is -2.32. The van der Waals surface area contributed by atoms with Gasteiger partial charge in [0.05, 0.1) is 16.8 Å².